The molecule has 0 amide bonds. The highest BCUT2D eigenvalue weighted by Crippen LogP contribution is 2.38. The molecule has 1 aromatic carbocycles. The molecular formula is C21H20N2O3S. The highest BCUT2D eigenvalue weighted by molar-refractivity contribution is 7.13. The SMILES string of the molecule is COCc1c(C(=O)OC(C)C)ncc2[nH]c3cccc(-c4cccs4)c3c12. The van der Waals surface area contributed by atoms with Crippen LogP contribution in [0.3, 0.4) is 0 Å². The standard InChI is InChI=1S/C21H20N2O3S/c1-12(2)26-21(24)20-14(11-25-3)19-16(10-22-20)23-15-7-4-6-13(18(15)19)17-8-5-9-27-17/h4-10,12,23H,11H2,1-3H3. The van der Waals surface area contributed by atoms with Crippen LogP contribution < -0.4 is 0 Å². The second-order valence-corrected chi connectivity index (χ2v) is 7.54. The summed E-state index contributed by atoms with van der Waals surface area (Å²) in [6.07, 6.45) is 1.49. The molecule has 3 aromatic heterocycles. The van der Waals surface area contributed by atoms with Crippen LogP contribution in [-0.4, -0.2) is 29.2 Å². The van der Waals surface area contributed by atoms with Gasteiger partial charge in [0.05, 0.1) is 24.4 Å². The van der Waals surface area contributed by atoms with Crippen LogP contribution in [0.15, 0.2) is 41.9 Å². The Morgan fingerprint density at radius 2 is 2.04 bits per heavy atom. The zero-order valence-corrected chi connectivity index (χ0v) is 16.2. The minimum absolute atomic E-state index is 0.213. The van der Waals surface area contributed by atoms with Gasteiger partial charge in [-0.15, -0.1) is 11.3 Å². The summed E-state index contributed by atoms with van der Waals surface area (Å²) in [4.78, 5) is 21.6. The number of nitrogens with one attached hydrogen (secondary N) is 1. The van der Waals surface area contributed by atoms with E-state index in [0.717, 1.165) is 32.9 Å². The molecule has 0 atom stereocenters. The van der Waals surface area contributed by atoms with Crippen molar-refractivity contribution in [2.45, 2.75) is 26.6 Å². The molecule has 0 spiro atoms. The van der Waals surface area contributed by atoms with Crippen LogP contribution >= 0.6 is 11.3 Å². The van der Waals surface area contributed by atoms with Crippen LogP contribution in [0.5, 0.6) is 0 Å². The van der Waals surface area contributed by atoms with Crippen molar-refractivity contribution >= 4 is 39.1 Å². The summed E-state index contributed by atoms with van der Waals surface area (Å²) in [6.45, 7) is 3.93. The Balaban J connectivity index is 2.05. The molecular weight excluding hydrogens is 360 g/mol. The number of H-pyrrole nitrogens is 1. The topological polar surface area (TPSA) is 64.2 Å². The molecule has 5 nitrogen and oxygen atoms in total. The molecule has 138 valence electrons. The first kappa shape index (κ1) is 17.7. The number of nitrogens with zero attached hydrogens (tertiary/aromatic N) is 1. The number of carbonyl (C=O) groups excluding carboxylic acids is 1. The van der Waals surface area contributed by atoms with Crippen molar-refractivity contribution in [2.24, 2.45) is 0 Å². The fourth-order valence-corrected chi connectivity index (χ4v) is 4.13. The Labute approximate surface area is 160 Å². The minimum atomic E-state index is -0.429. The first-order valence-electron chi connectivity index (χ1n) is 8.76. The lowest BCUT2D eigenvalue weighted by Gasteiger charge is -2.12. The number of fused-ring (bicyclic) bond motifs is 3. The van der Waals surface area contributed by atoms with Crippen LogP contribution in [0.2, 0.25) is 0 Å². The van der Waals surface area contributed by atoms with Gasteiger partial charge in [-0.1, -0.05) is 18.2 Å². The van der Waals surface area contributed by atoms with E-state index in [1.54, 1.807) is 24.6 Å². The van der Waals surface area contributed by atoms with E-state index in [1.165, 1.54) is 4.88 Å². The highest BCUT2D eigenvalue weighted by Gasteiger charge is 2.22. The molecule has 0 aliphatic heterocycles. The first-order chi connectivity index (χ1) is 13.1. The van der Waals surface area contributed by atoms with Gasteiger partial charge in [0.15, 0.2) is 5.69 Å². The van der Waals surface area contributed by atoms with E-state index in [-0.39, 0.29) is 12.7 Å². The number of hydrogen-bond donors (Lipinski definition) is 1. The van der Waals surface area contributed by atoms with E-state index >= 15 is 0 Å². The Hall–Kier alpha value is -2.70. The van der Waals surface area contributed by atoms with E-state index in [4.69, 9.17) is 9.47 Å². The van der Waals surface area contributed by atoms with Gasteiger partial charge in [0, 0.05) is 39.4 Å². The summed E-state index contributed by atoms with van der Waals surface area (Å²) in [7, 11) is 1.62. The Bertz CT molecular complexity index is 1110. The second kappa shape index (κ2) is 7.13. The number of ether oxygens (including phenoxy) is 2. The number of pyridine rings is 1. The molecule has 4 rings (SSSR count). The van der Waals surface area contributed by atoms with Gasteiger partial charge in [-0.25, -0.2) is 9.78 Å². The van der Waals surface area contributed by atoms with Crippen molar-refractivity contribution in [1.82, 2.24) is 9.97 Å². The fraction of sp³-hybridized carbons (Fsp3) is 0.238. The molecule has 27 heavy (non-hydrogen) atoms. The minimum Gasteiger partial charge on any atom is -0.458 e. The summed E-state index contributed by atoms with van der Waals surface area (Å²) >= 11 is 1.69. The van der Waals surface area contributed by atoms with Gasteiger partial charge < -0.3 is 14.5 Å². The van der Waals surface area contributed by atoms with Gasteiger partial charge in [0.2, 0.25) is 0 Å². The van der Waals surface area contributed by atoms with Gasteiger partial charge in [0.1, 0.15) is 0 Å². The van der Waals surface area contributed by atoms with Crippen molar-refractivity contribution in [3.63, 3.8) is 0 Å². The summed E-state index contributed by atoms with van der Waals surface area (Å²) in [5.74, 6) is -0.429. The normalized spacial score (nSPS) is 11.6. The smallest absolute Gasteiger partial charge is 0.357 e. The zero-order chi connectivity index (χ0) is 19.0. The van der Waals surface area contributed by atoms with Gasteiger partial charge in [-0.2, -0.15) is 0 Å². The molecule has 0 saturated carbocycles. The van der Waals surface area contributed by atoms with Gasteiger partial charge >= 0.3 is 5.97 Å². The van der Waals surface area contributed by atoms with Crippen LogP contribution in [-0.2, 0) is 16.1 Å². The molecule has 1 N–H and O–H groups in total. The number of rotatable bonds is 5. The quantitative estimate of drug-likeness (QED) is 0.486. The Morgan fingerprint density at radius 1 is 1.19 bits per heavy atom. The molecule has 0 unspecified atom stereocenters. The lowest BCUT2D eigenvalue weighted by molar-refractivity contribution is 0.0366. The predicted octanol–water partition coefficient (Wildman–Crippen LogP) is 5.16. The van der Waals surface area contributed by atoms with Crippen LogP contribution in [0.1, 0.15) is 29.9 Å². The number of thiophene rings is 1. The van der Waals surface area contributed by atoms with Crippen molar-refractivity contribution in [1.29, 1.82) is 0 Å². The van der Waals surface area contributed by atoms with E-state index < -0.39 is 5.97 Å². The largest absolute Gasteiger partial charge is 0.458 e. The average Bonchev–Trinajstić information content (AvgIpc) is 3.29. The summed E-state index contributed by atoms with van der Waals surface area (Å²) < 4.78 is 10.8. The first-order valence-corrected chi connectivity index (χ1v) is 9.64. The maximum absolute atomic E-state index is 12.6. The Kier molecular flexibility index (Phi) is 4.68. The Morgan fingerprint density at radius 3 is 2.74 bits per heavy atom. The second-order valence-electron chi connectivity index (χ2n) is 6.59. The van der Waals surface area contributed by atoms with Gasteiger partial charge in [-0.05, 0) is 31.4 Å². The molecule has 0 aliphatic carbocycles. The highest BCUT2D eigenvalue weighted by atomic mass is 32.1. The third kappa shape index (κ3) is 3.11. The van der Waals surface area contributed by atoms with Gasteiger partial charge in [0.25, 0.3) is 0 Å². The molecule has 0 bridgehead atoms. The maximum atomic E-state index is 12.6. The van der Waals surface area contributed by atoms with Crippen molar-refractivity contribution < 1.29 is 14.3 Å². The number of carbonyl (C=O) groups is 1. The van der Waals surface area contributed by atoms with Crippen LogP contribution in [0.4, 0.5) is 0 Å². The number of methoxy groups -OCH3 is 1. The summed E-state index contributed by atoms with van der Waals surface area (Å²) in [5, 5.41) is 4.09. The van der Waals surface area contributed by atoms with E-state index in [2.05, 4.69) is 27.5 Å². The van der Waals surface area contributed by atoms with E-state index in [1.807, 2.05) is 32.0 Å². The number of esters is 1. The number of aromatic nitrogens is 2. The van der Waals surface area contributed by atoms with Crippen LogP contribution in [0, 0.1) is 0 Å². The maximum Gasteiger partial charge on any atom is 0.357 e. The molecule has 4 aromatic rings. The molecule has 0 saturated heterocycles. The average molecular weight is 380 g/mol. The van der Waals surface area contributed by atoms with Crippen molar-refractivity contribution in [2.75, 3.05) is 7.11 Å². The molecule has 6 heteroatoms. The predicted molar refractivity (Wildman–Crippen MR) is 108 cm³/mol. The van der Waals surface area contributed by atoms with Crippen LogP contribution in [0.25, 0.3) is 32.2 Å². The van der Waals surface area contributed by atoms with Crippen molar-refractivity contribution in [3.8, 4) is 10.4 Å². The third-order valence-corrected chi connectivity index (χ3v) is 5.28. The summed E-state index contributed by atoms with van der Waals surface area (Å²) in [5.41, 5.74) is 4.06. The monoisotopic (exact) mass is 380 g/mol. The molecule has 0 radical (unpaired) electrons. The lowest BCUT2D eigenvalue weighted by atomic mass is 10.0. The molecule has 0 fully saturated rings. The lowest BCUT2D eigenvalue weighted by Crippen LogP contribution is -2.15. The zero-order valence-electron chi connectivity index (χ0n) is 15.4. The number of aromatic amines is 1. The molecule has 0 aliphatic rings. The fourth-order valence-electron chi connectivity index (χ4n) is 3.37. The van der Waals surface area contributed by atoms with Crippen molar-refractivity contribution in [3.05, 3.63) is 53.2 Å². The van der Waals surface area contributed by atoms with E-state index in [9.17, 15) is 4.79 Å². The summed E-state index contributed by atoms with van der Waals surface area (Å²) in [6, 6.07) is 10.3. The van der Waals surface area contributed by atoms with Gasteiger partial charge in [-0.3, -0.25) is 0 Å². The number of hydrogen-bond acceptors (Lipinski definition) is 5. The van der Waals surface area contributed by atoms with E-state index in [0.29, 0.717) is 5.69 Å². The number of benzene rings is 1. The molecule has 3 heterocycles. The third-order valence-electron chi connectivity index (χ3n) is 4.37.